The third-order valence-electron chi connectivity index (χ3n) is 2.38. The molecule has 0 heterocycles. The maximum absolute atomic E-state index is 5.44. The highest BCUT2D eigenvalue weighted by Gasteiger charge is 1.99. The predicted octanol–water partition coefficient (Wildman–Crippen LogP) is 3.35. The topological polar surface area (TPSA) is 12.0 Å². The highest BCUT2D eigenvalue weighted by Crippen LogP contribution is 2.04. The number of hydrogen-bond donors (Lipinski definition) is 1. The second-order valence-corrected chi connectivity index (χ2v) is 3.95. The lowest BCUT2D eigenvalue weighted by Crippen LogP contribution is -2.26. The molecule has 0 radical (unpaired) electrons. The summed E-state index contributed by atoms with van der Waals surface area (Å²) in [4.78, 5) is 0. The summed E-state index contributed by atoms with van der Waals surface area (Å²) in [6.07, 6.45) is 4.19. The number of halogens is 1. The molecule has 0 aliphatic rings. The van der Waals surface area contributed by atoms with E-state index in [1.54, 1.807) is 5.54 Å². The monoisotopic (exact) mass is 223 g/mol. The molecule has 82 valence electrons. The van der Waals surface area contributed by atoms with E-state index < -0.39 is 0 Å². The summed E-state index contributed by atoms with van der Waals surface area (Å²) in [5.41, 5.74) is 2.95. The molecule has 15 heavy (non-hydrogen) atoms. The number of nitrogens with one attached hydrogen (secondary N) is 1. The second-order valence-electron chi connectivity index (χ2n) is 3.70. The quantitative estimate of drug-likeness (QED) is 0.780. The molecule has 1 atom stereocenters. The van der Waals surface area contributed by atoms with E-state index >= 15 is 0 Å². The first-order valence-corrected chi connectivity index (χ1v) is 5.79. The fourth-order valence-corrected chi connectivity index (χ4v) is 1.53. The lowest BCUT2D eigenvalue weighted by Gasteiger charge is -2.11. The van der Waals surface area contributed by atoms with Crippen LogP contribution in [-0.4, -0.2) is 12.6 Å². The number of hydrogen-bond acceptors (Lipinski definition) is 1. The van der Waals surface area contributed by atoms with Gasteiger partial charge in [0.2, 0.25) is 0 Å². The van der Waals surface area contributed by atoms with Gasteiger partial charge in [-0.2, -0.15) is 0 Å². The summed E-state index contributed by atoms with van der Waals surface area (Å²) in [6.45, 7) is 3.05. The maximum atomic E-state index is 5.44. The summed E-state index contributed by atoms with van der Waals surface area (Å²) < 4.78 is 0. The van der Waals surface area contributed by atoms with Gasteiger partial charge in [0.1, 0.15) is 0 Å². The van der Waals surface area contributed by atoms with Crippen LogP contribution in [0, 0.1) is 0 Å². The molecule has 1 nitrogen and oxygen atoms in total. The molecule has 0 saturated heterocycles. The normalized spacial score (nSPS) is 13.2. The van der Waals surface area contributed by atoms with Gasteiger partial charge in [0.05, 0.1) is 0 Å². The molecule has 1 rings (SSSR count). The molecule has 1 unspecified atom stereocenters. The smallest absolute Gasteiger partial charge is 0.0148 e. The molecule has 0 saturated carbocycles. The van der Waals surface area contributed by atoms with Crippen LogP contribution in [0.4, 0.5) is 0 Å². The van der Waals surface area contributed by atoms with E-state index in [1.165, 1.54) is 5.56 Å². The standard InChI is InChI=1S/C13H18ClN/c1-12(15-11-5-10-14)8-9-13-6-3-2-4-7-13/h2-7,10,12,15H,8-9,11H2,1H3/b10-5+. The summed E-state index contributed by atoms with van der Waals surface area (Å²) in [6, 6.07) is 11.1. The predicted molar refractivity (Wildman–Crippen MR) is 67.2 cm³/mol. The van der Waals surface area contributed by atoms with Gasteiger partial charge in [0.15, 0.2) is 0 Å². The Morgan fingerprint density at radius 1 is 1.33 bits per heavy atom. The minimum absolute atomic E-state index is 0.526. The Morgan fingerprint density at radius 2 is 2.07 bits per heavy atom. The molecule has 0 fully saturated rings. The van der Waals surface area contributed by atoms with Gasteiger partial charge in [-0.1, -0.05) is 48.0 Å². The summed E-state index contributed by atoms with van der Waals surface area (Å²) in [5.74, 6) is 0. The van der Waals surface area contributed by atoms with E-state index in [9.17, 15) is 0 Å². The Labute approximate surface area is 97.1 Å². The van der Waals surface area contributed by atoms with Crippen LogP contribution in [-0.2, 0) is 6.42 Å². The van der Waals surface area contributed by atoms with Gasteiger partial charge < -0.3 is 5.32 Å². The van der Waals surface area contributed by atoms with Crippen LogP contribution in [0.5, 0.6) is 0 Å². The van der Waals surface area contributed by atoms with Gasteiger partial charge in [-0.25, -0.2) is 0 Å². The zero-order chi connectivity index (χ0) is 10.9. The molecular formula is C13H18ClN. The van der Waals surface area contributed by atoms with E-state index in [1.807, 2.05) is 6.08 Å². The average Bonchev–Trinajstić information content (AvgIpc) is 2.28. The van der Waals surface area contributed by atoms with Crippen molar-refractivity contribution in [2.75, 3.05) is 6.54 Å². The Morgan fingerprint density at radius 3 is 2.73 bits per heavy atom. The summed E-state index contributed by atoms with van der Waals surface area (Å²) >= 11 is 5.44. The molecule has 0 bridgehead atoms. The molecule has 1 N–H and O–H groups in total. The van der Waals surface area contributed by atoms with Crippen molar-refractivity contribution in [2.24, 2.45) is 0 Å². The van der Waals surface area contributed by atoms with Crippen molar-refractivity contribution in [2.45, 2.75) is 25.8 Å². The lowest BCUT2D eigenvalue weighted by molar-refractivity contribution is 0.543. The van der Waals surface area contributed by atoms with Crippen LogP contribution in [0.3, 0.4) is 0 Å². The van der Waals surface area contributed by atoms with Crippen molar-refractivity contribution in [3.8, 4) is 0 Å². The number of benzene rings is 1. The first-order chi connectivity index (χ1) is 7.33. The van der Waals surface area contributed by atoms with Crippen LogP contribution in [0.25, 0.3) is 0 Å². The van der Waals surface area contributed by atoms with Crippen molar-refractivity contribution in [1.82, 2.24) is 5.32 Å². The van der Waals surface area contributed by atoms with Gasteiger partial charge in [0.25, 0.3) is 0 Å². The van der Waals surface area contributed by atoms with Gasteiger partial charge in [0, 0.05) is 18.1 Å². The Bertz CT molecular complexity index is 282. The third-order valence-corrected chi connectivity index (χ3v) is 2.56. The molecule has 0 aliphatic heterocycles. The van der Waals surface area contributed by atoms with Crippen molar-refractivity contribution in [1.29, 1.82) is 0 Å². The zero-order valence-electron chi connectivity index (χ0n) is 9.12. The minimum atomic E-state index is 0.526. The molecule has 0 aliphatic carbocycles. The van der Waals surface area contributed by atoms with Crippen molar-refractivity contribution in [3.63, 3.8) is 0 Å². The maximum Gasteiger partial charge on any atom is 0.0148 e. The second kappa shape index (κ2) is 7.49. The van der Waals surface area contributed by atoms with Gasteiger partial charge in [-0.05, 0) is 25.3 Å². The molecular weight excluding hydrogens is 206 g/mol. The molecule has 2 heteroatoms. The minimum Gasteiger partial charge on any atom is -0.311 e. The summed E-state index contributed by atoms with van der Waals surface area (Å²) in [5, 5.41) is 3.38. The van der Waals surface area contributed by atoms with Gasteiger partial charge >= 0.3 is 0 Å². The fraction of sp³-hybridized carbons (Fsp3) is 0.385. The molecule has 0 amide bonds. The third kappa shape index (κ3) is 5.60. The van der Waals surface area contributed by atoms with Crippen LogP contribution in [0.1, 0.15) is 18.9 Å². The number of aryl methyl sites for hydroxylation is 1. The molecule has 0 aromatic heterocycles. The summed E-state index contributed by atoms with van der Waals surface area (Å²) in [7, 11) is 0. The number of rotatable bonds is 6. The highest BCUT2D eigenvalue weighted by atomic mass is 35.5. The first-order valence-electron chi connectivity index (χ1n) is 5.35. The van der Waals surface area contributed by atoms with E-state index in [2.05, 4.69) is 42.6 Å². The van der Waals surface area contributed by atoms with Crippen molar-refractivity contribution < 1.29 is 0 Å². The van der Waals surface area contributed by atoms with Crippen molar-refractivity contribution in [3.05, 3.63) is 47.5 Å². The SMILES string of the molecule is CC(CCc1ccccc1)NC/C=C/Cl. The van der Waals surface area contributed by atoms with Crippen molar-refractivity contribution >= 4 is 11.6 Å². The molecule has 1 aromatic carbocycles. The van der Waals surface area contributed by atoms with Crippen LogP contribution in [0.2, 0.25) is 0 Å². The lowest BCUT2D eigenvalue weighted by atomic mass is 10.1. The Kier molecular flexibility index (Phi) is 6.14. The van der Waals surface area contributed by atoms with E-state index in [-0.39, 0.29) is 0 Å². The molecule has 1 aromatic rings. The average molecular weight is 224 g/mol. The van der Waals surface area contributed by atoms with Crippen LogP contribution < -0.4 is 5.32 Å². The van der Waals surface area contributed by atoms with Gasteiger partial charge in [-0.3, -0.25) is 0 Å². The Balaban J connectivity index is 2.19. The molecule has 0 spiro atoms. The van der Waals surface area contributed by atoms with Gasteiger partial charge in [-0.15, -0.1) is 0 Å². The van der Waals surface area contributed by atoms with Crippen LogP contribution in [0.15, 0.2) is 41.9 Å². The fourth-order valence-electron chi connectivity index (χ4n) is 1.44. The highest BCUT2D eigenvalue weighted by molar-refractivity contribution is 6.25. The van der Waals surface area contributed by atoms with E-state index in [0.717, 1.165) is 19.4 Å². The Hall–Kier alpha value is -0.790. The zero-order valence-corrected chi connectivity index (χ0v) is 9.87. The first kappa shape index (κ1) is 12.3. The van der Waals surface area contributed by atoms with Crippen LogP contribution >= 0.6 is 11.6 Å². The van der Waals surface area contributed by atoms with E-state index in [4.69, 9.17) is 11.6 Å². The largest absolute Gasteiger partial charge is 0.311 e. The van der Waals surface area contributed by atoms with E-state index in [0.29, 0.717) is 6.04 Å².